The molecule has 4 aromatic rings. The van der Waals surface area contributed by atoms with Crippen LogP contribution in [0.2, 0.25) is 0 Å². The van der Waals surface area contributed by atoms with Crippen LogP contribution >= 0.6 is 23.1 Å². The highest BCUT2D eigenvalue weighted by atomic mass is 32.2. The number of imidazole rings is 1. The number of thiazole rings is 1. The molecule has 3 aromatic heterocycles. The molecular formula is C17H14N4OS2. The molecule has 0 N–H and O–H groups in total. The molecule has 0 saturated carbocycles. The largest absolute Gasteiger partial charge is 0.497 e. The van der Waals surface area contributed by atoms with Crippen molar-refractivity contribution < 1.29 is 4.74 Å². The smallest absolute Gasteiger partial charge is 0.194 e. The standard InChI is InChI=1S/C17H14N4OS2/c1-22-12-5-3-11(4-6-12)14-15(21-9-10-24-17(21)20-14)13-7-8-18-16(19-13)23-2/h3-10H,1-2H3. The fourth-order valence-corrected chi connectivity index (χ4v) is 3.62. The number of aromatic nitrogens is 4. The van der Waals surface area contributed by atoms with E-state index >= 15 is 0 Å². The van der Waals surface area contributed by atoms with Gasteiger partial charge in [0.2, 0.25) is 0 Å². The number of ether oxygens (including phenoxy) is 1. The van der Waals surface area contributed by atoms with Crippen LogP contribution in [-0.2, 0) is 0 Å². The minimum absolute atomic E-state index is 0.748. The van der Waals surface area contributed by atoms with Gasteiger partial charge in [-0.15, -0.1) is 11.3 Å². The summed E-state index contributed by atoms with van der Waals surface area (Å²) in [5, 5.41) is 2.78. The van der Waals surface area contributed by atoms with Crippen LogP contribution < -0.4 is 4.74 Å². The van der Waals surface area contributed by atoms with Gasteiger partial charge >= 0.3 is 0 Å². The minimum Gasteiger partial charge on any atom is -0.497 e. The van der Waals surface area contributed by atoms with Crippen LogP contribution in [0.3, 0.4) is 0 Å². The summed E-state index contributed by atoms with van der Waals surface area (Å²) in [4.78, 5) is 14.7. The fraction of sp³-hybridized carbons (Fsp3) is 0.118. The molecule has 7 heteroatoms. The summed E-state index contributed by atoms with van der Waals surface area (Å²) in [7, 11) is 1.66. The molecule has 0 fully saturated rings. The van der Waals surface area contributed by atoms with Crippen LogP contribution in [0.4, 0.5) is 0 Å². The summed E-state index contributed by atoms with van der Waals surface area (Å²) < 4.78 is 7.33. The molecule has 0 unspecified atom stereocenters. The molecule has 0 saturated heterocycles. The Morgan fingerprint density at radius 3 is 2.71 bits per heavy atom. The molecule has 3 heterocycles. The van der Waals surface area contributed by atoms with E-state index in [-0.39, 0.29) is 0 Å². The van der Waals surface area contributed by atoms with Crippen molar-refractivity contribution in [2.75, 3.05) is 13.4 Å². The topological polar surface area (TPSA) is 52.3 Å². The molecule has 0 radical (unpaired) electrons. The molecule has 24 heavy (non-hydrogen) atoms. The van der Waals surface area contributed by atoms with E-state index in [0.717, 1.165) is 38.5 Å². The van der Waals surface area contributed by atoms with E-state index in [1.807, 2.05) is 48.2 Å². The van der Waals surface area contributed by atoms with Gasteiger partial charge < -0.3 is 4.74 Å². The van der Waals surface area contributed by atoms with E-state index < -0.39 is 0 Å². The molecule has 0 bridgehead atoms. The minimum atomic E-state index is 0.748. The summed E-state index contributed by atoms with van der Waals surface area (Å²) in [5.41, 5.74) is 3.79. The predicted molar refractivity (Wildman–Crippen MR) is 97.9 cm³/mol. The molecule has 0 amide bonds. The summed E-state index contributed by atoms with van der Waals surface area (Å²) in [6.45, 7) is 0. The predicted octanol–water partition coefficient (Wildman–Crippen LogP) is 4.25. The lowest BCUT2D eigenvalue weighted by Gasteiger charge is -2.06. The molecule has 120 valence electrons. The number of hydrogen-bond donors (Lipinski definition) is 0. The van der Waals surface area contributed by atoms with Crippen LogP contribution in [0.15, 0.2) is 53.3 Å². The maximum absolute atomic E-state index is 5.25. The van der Waals surface area contributed by atoms with Gasteiger partial charge in [0.1, 0.15) is 11.4 Å². The highest BCUT2D eigenvalue weighted by molar-refractivity contribution is 7.98. The van der Waals surface area contributed by atoms with Crippen LogP contribution in [0.1, 0.15) is 0 Å². The van der Waals surface area contributed by atoms with Crippen molar-refractivity contribution in [2.45, 2.75) is 5.16 Å². The molecular weight excluding hydrogens is 340 g/mol. The van der Waals surface area contributed by atoms with Crippen LogP contribution in [0.5, 0.6) is 5.75 Å². The average molecular weight is 354 g/mol. The number of methoxy groups -OCH3 is 1. The first-order valence-corrected chi connectivity index (χ1v) is 9.38. The maximum Gasteiger partial charge on any atom is 0.194 e. The van der Waals surface area contributed by atoms with Crippen molar-refractivity contribution in [3.8, 4) is 28.4 Å². The molecule has 5 nitrogen and oxygen atoms in total. The number of nitrogens with zero attached hydrogens (tertiary/aromatic N) is 4. The third-order valence-electron chi connectivity index (χ3n) is 3.68. The molecule has 4 rings (SSSR count). The molecule has 0 aliphatic rings. The number of hydrogen-bond acceptors (Lipinski definition) is 6. The first kappa shape index (κ1) is 15.2. The monoisotopic (exact) mass is 354 g/mol. The molecule has 0 atom stereocenters. The van der Waals surface area contributed by atoms with Crippen molar-refractivity contribution in [1.29, 1.82) is 0 Å². The van der Waals surface area contributed by atoms with Gasteiger partial charge in [0.15, 0.2) is 10.1 Å². The van der Waals surface area contributed by atoms with E-state index in [0.29, 0.717) is 0 Å². The number of benzene rings is 1. The van der Waals surface area contributed by atoms with Gasteiger partial charge in [-0.05, 0) is 36.6 Å². The van der Waals surface area contributed by atoms with Gasteiger partial charge in [0.05, 0.1) is 18.5 Å². The third-order valence-corrected chi connectivity index (χ3v) is 5.00. The zero-order chi connectivity index (χ0) is 16.5. The van der Waals surface area contributed by atoms with E-state index in [1.54, 1.807) is 24.6 Å². The Morgan fingerprint density at radius 2 is 1.96 bits per heavy atom. The summed E-state index contributed by atoms with van der Waals surface area (Å²) in [6, 6.07) is 9.85. The summed E-state index contributed by atoms with van der Waals surface area (Å²) >= 11 is 3.14. The maximum atomic E-state index is 5.25. The van der Waals surface area contributed by atoms with Gasteiger partial charge in [-0.1, -0.05) is 11.8 Å². The van der Waals surface area contributed by atoms with Crippen LogP contribution in [0.25, 0.3) is 27.6 Å². The van der Waals surface area contributed by atoms with Crippen LogP contribution in [-0.4, -0.2) is 32.7 Å². The second-order valence-electron chi connectivity index (χ2n) is 5.02. The third kappa shape index (κ3) is 2.55. The van der Waals surface area contributed by atoms with Gasteiger partial charge in [0, 0.05) is 23.3 Å². The molecule has 0 aliphatic carbocycles. The lowest BCUT2D eigenvalue weighted by molar-refractivity contribution is 0.415. The first-order valence-electron chi connectivity index (χ1n) is 7.27. The van der Waals surface area contributed by atoms with Crippen molar-refractivity contribution in [1.82, 2.24) is 19.4 Å². The van der Waals surface area contributed by atoms with Gasteiger partial charge in [-0.3, -0.25) is 4.40 Å². The lowest BCUT2D eigenvalue weighted by atomic mass is 10.1. The van der Waals surface area contributed by atoms with E-state index in [4.69, 9.17) is 9.72 Å². The highest BCUT2D eigenvalue weighted by Crippen LogP contribution is 2.34. The Hall–Kier alpha value is -2.38. The Bertz CT molecular complexity index is 991. The molecule has 1 aromatic carbocycles. The van der Waals surface area contributed by atoms with Gasteiger partial charge in [0.25, 0.3) is 0 Å². The van der Waals surface area contributed by atoms with E-state index in [2.05, 4.69) is 14.4 Å². The average Bonchev–Trinajstić information content (AvgIpc) is 3.22. The Morgan fingerprint density at radius 1 is 1.12 bits per heavy atom. The molecule has 0 spiro atoms. The normalized spacial score (nSPS) is 11.1. The van der Waals surface area contributed by atoms with E-state index in [1.165, 1.54) is 11.8 Å². The quantitative estimate of drug-likeness (QED) is 0.405. The SMILES string of the molecule is COc1ccc(-c2nc3sccn3c2-c2ccnc(SC)n2)cc1. The number of fused-ring (bicyclic) bond motifs is 1. The second kappa shape index (κ2) is 6.26. The van der Waals surface area contributed by atoms with Crippen molar-refractivity contribution in [2.24, 2.45) is 0 Å². The highest BCUT2D eigenvalue weighted by Gasteiger charge is 2.18. The van der Waals surface area contributed by atoms with E-state index in [9.17, 15) is 0 Å². The summed E-state index contributed by atoms with van der Waals surface area (Å²) in [6.07, 6.45) is 5.79. The first-order chi connectivity index (χ1) is 11.8. The zero-order valence-electron chi connectivity index (χ0n) is 13.1. The lowest BCUT2D eigenvalue weighted by Crippen LogP contribution is -1.93. The fourth-order valence-electron chi connectivity index (χ4n) is 2.55. The van der Waals surface area contributed by atoms with Crippen molar-refractivity contribution in [3.05, 3.63) is 48.1 Å². The zero-order valence-corrected chi connectivity index (χ0v) is 14.8. The van der Waals surface area contributed by atoms with Crippen LogP contribution in [0, 0.1) is 0 Å². The van der Waals surface area contributed by atoms with Crippen molar-refractivity contribution in [3.63, 3.8) is 0 Å². The Balaban J connectivity index is 1.93. The summed E-state index contributed by atoms with van der Waals surface area (Å²) in [5.74, 6) is 0.827. The van der Waals surface area contributed by atoms with Crippen molar-refractivity contribution >= 4 is 28.1 Å². The number of thioether (sulfide) groups is 1. The second-order valence-corrected chi connectivity index (χ2v) is 6.67. The molecule has 0 aliphatic heterocycles. The Kier molecular flexibility index (Phi) is 3.95. The van der Waals surface area contributed by atoms with Gasteiger partial charge in [-0.25, -0.2) is 15.0 Å². The number of rotatable bonds is 4. The Labute approximate surface area is 147 Å². The van der Waals surface area contributed by atoms with Gasteiger partial charge in [-0.2, -0.15) is 0 Å².